The number of hydrogen-bond acceptors (Lipinski definition) is 1. The average molecular weight is 407 g/mol. The number of hydrogen-bond donors (Lipinski definition) is 1. The highest BCUT2D eigenvalue weighted by atomic mass is 35.7. The van der Waals surface area contributed by atoms with Crippen LogP contribution in [0.15, 0.2) is 115 Å². The fourth-order valence-corrected chi connectivity index (χ4v) is 4.05. The van der Waals surface area contributed by atoms with Crippen molar-refractivity contribution >= 4 is 23.3 Å². The van der Waals surface area contributed by atoms with Gasteiger partial charge in [-0.15, -0.1) is 0 Å². The van der Waals surface area contributed by atoms with Gasteiger partial charge >= 0.3 is 6.72 Å². The molecule has 4 aromatic rings. The molecule has 0 radical (unpaired) electrons. The molecule has 1 unspecified atom stereocenters. The molecule has 0 fully saturated rings. The van der Waals surface area contributed by atoms with Gasteiger partial charge in [0.1, 0.15) is 0 Å². The summed E-state index contributed by atoms with van der Waals surface area (Å²) in [5.74, 6) is 0. The molecule has 0 bridgehead atoms. The van der Waals surface area contributed by atoms with Crippen LogP contribution in [0.3, 0.4) is 0 Å². The lowest BCUT2D eigenvalue weighted by molar-refractivity contribution is 0.506. The van der Waals surface area contributed by atoms with E-state index >= 15 is 0 Å². The number of benzene rings is 4. The third-order valence-electron chi connectivity index (χ3n) is 4.17. The van der Waals surface area contributed by atoms with E-state index in [0.29, 0.717) is 5.56 Å². The maximum Gasteiger partial charge on any atom is 0.317 e. The molecule has 28 heavy (non-hydrogen) atoms. The van der Waals surface area contributed by atoms with E-state index in [1.165, 1.54) is 11.1 Å². The first-order valence-electron chi connectivity index (χ1n) is 8.83. The number of halogens is 1. The lowest BCUT2D eigenvalue weighted by Crippen LogP contribution is -2.04. The Morgan fingerprint density at radius 1 is 0.536 bits per heavy atom. The zero-order chi connectivity index (χ0) is 19.8. The monoisotopic (exact) mass is 406 g/mol. The molecule has 0 amide bonds. The molecule has 0 spiro atoms. The van der Waals surface area contributed by atoms with Crippen molar-refractivity contribution in [1.29, 1.82) is 0 Å². The summed E-state index contributed by atoms with van der Waals surface area (Å²) < 4.78 is 11.5. The van der Waals surface area contributed by atoms with Crippen LogP contribution in [0, 0.1) is 0 Å². The van der Waals surface area contributed by atoms with E-state index in [9.17, 15) is 9.46 Å². The molecule has 1 N–H and O–H groups in total. The van der Waals surface area contributed by atoms with Crippen LogP contribution in [-0.2, 0) is 4.57 Å². The second kappa shape index (κ2) is 9.52. The molecule has 4 heteroatoms. The predicted molar refractivity (Wildman–Crippen MR) is 119 cm³/mol. The number of rotatable bonds is 3. The Morgan fingerprint density at radius 3 is 1.32 bits per heavy atom. The van der Waals surface area contributed by atoms with Crippen molar-refractivity contribution < 1.29 is 9.46 Å². The maximum atomic E-state index is 11.5. The first kappa shape index (κ1) is 20.1. The van der Waals surface area contributed by atoms with E-state index in [-0.39, 0.29) is 5.30 Å². The van der Waals surface area contributed by atoms with Crippen molar-refractivity contribution in [3.05, 3.63) is 115 Å². The van der Waals surface area contributed by atoms with Crippen LogP contribution in [0.25, 0.3) is 22.3 Å². The van der Waals surface area contributed by atoms with Crippen molar-refractivity contribution in [2.24, 2.45) is 0 Å². The maximum absolute atomic E-state index is 11.5. The molecule has 0 saturated carbocycles. The molecule has 4 aromatic carbocycles. The van der Waals surface area contributed by atoms with Gasteiger partial charge in [-0.2, -0.15) is 0 Å². The van der Waals surface area contributed by atoms with Crippen molar-refractivity contribution in [1.82, 2.24) is 0 Å². The summed E-state index contributed by atoms with van der Waals surface area (Å²) in [4.78, 5) is 9.45. The van der Waals surface area contributed by atoms with Crippen LogP contribution in [0.5, 0.6) is 0 Å². The van der Waals surface area contributed by atoms with Gasteiger partial charge in [-0.25, -0.2) is 0 Å². The molecule has 0 aromatic heterocycles. The molecule has 0 saturated heterocycles. The molecule has 0 heterocycles. The van der Waals surface area contributed by atoms with E-state index in [1.807, 2.05) is 48.5 Å². The minimum absolute atomic E-state index is 0.280. The Labute approximate surface area is 170 Å². The smallest absolute Gasteiger partial charge is 0.317 e. The van der Waals surface area contributed by atoms with Crippen molar-refractivity contribution in [3.8, 4) is 22.3 Å². The molecular weight excluding hydrogens is 387 g/mol. The van der Waals surface area contributed by atoms with E-state index in [1.54, 1.807) is 18.2 Å². The van der Waals surface area contributed by atoms with E-state index in [0.717, 1.165) is 5.56 Å². The lowest BCUT2D eigenvalue weighted by Gasteiger charge is -2.10. The minimum Gasteiger partial charge on any atom is -0.330 e. The standard InChI is InChI=1S/C12H10ClO2P.C12H10/c13-16(14,15)12-9-5-4-8-11(12)10-6-2-1-3-7-10;1-3-7-11(8-4-1)12-9-5-2-6-10-12/h1-9H,(H,14,15);1-10H. The third kappa shape index (κ3) is 5.43. The van der Waals surface area contributed by atoms with Crippen molar-refractivity contribution in [3.63, 3.8) is 0 Å². The molecule has 0 aliphatic heterocycles. The first-order chi connectivity index (χ1) is 13.6. The zero-order valence-electron chi connectivity index (χ0n) is 15.2. The fraction of sp³-hybridized carbons (Fsp3) is 0. The molecular formula is C24H20ClO2P. The minimum atomic E-state index is -3.75. The van der Waals surface area contributed by atoms with Gasteiger partial charge in [-0.1, -0.05) is 109 Å². The van der Waals surface area contributed by atoms with Gasteiger partial charge in [0.15, 0.2) is 0 Å². The lowest BCUT2D eigenvalue weighted by atomic mass is 10.1. The van der Waals surface area contributed by atoms with Gasteiger partial charge in [0.05, 0.1) is 5.30 Å². The summed E-state index contributed by atoms with van der Waals surface area (Å²) in [5, 5.41) is 0.280. The highest BCUT2D eigenvalue weighted by Gasteiger charge is 2.21. The van der Waals surface area contributed by atoms with Crippen LogP contribution in [0.4, 0.5) is 0 Å². The van der Waals surface area contributed by atoms with Crippen molar-refractivity contribution in [2.45, 2.75) is 0 Å². The second-order valence-electron chi connectivity index (χ2n) is 6.12. The first-order valence-corrected chi connectivity index (χ1v) is 11.4. The normalized spacial score (nSPS) is 12.4. The molecule has 1 atom stereocenters. The topological polar surface area (TPSA) is 37.3 Å². The van der Waals surface area contributed by atoms with Gasteiger partial charge < -0.3 is 4.89 Å². The van der Waals surface area contributed by atoms with Gasteiger partial charge in [0.25, 0.3) is 0 Å². The Kier molecular flexibility index (Phi) is 6.84. The molecule has 4 rings (SSSR count). The summed E-state index contributed by atoms with van der Waals surface area (Å²) in [7, 11) is 0. The van der Waals surface area contributed by atoms with Crippen molar-refractivity contribution in [2.75, 3.05) is 0 Å². The van der Waals surface area contributed by atoms with Gasteiger partial charge in [-0.3, -0.25) is 4.57 Å². The highest BCUT2D eigenvalue weighted by molar-refractivity contribution is 7.90. The quantitative estimate of drug-likeness (QED) is 0.382. The molecule has 0 aliphatic carbocycles. The van der Waals surface area contributed by atoms with E-state index < -0.39 is 6.72 Å². The summed E-state index contributed by atoms with van der Waals surface area (Å²) in [6.45, 7) is -3.75. The average Bonchev–Trinajstić information content (AvgIpc) is 2.75. The molecule has 2 nitrogen and oxygen atoms in total. The molecule has 0 aliphatic rings. The molecule has 140 valence electrons. The van der Waals surface area contributed by atoms with Gasteiger partial charge in [-0.05, 0) is 39.6 Å². The Balaban J connectivity index is 0.000000167. The summed E-state index contributed by atoms with van der Waals surface area (Å²) in [6.07, 6.45) is 0. The van der Waals surface area contributed by atoms with Crippen LogP contribution in [-0.4, -0.2) is 4.89 Å². The summed E-state index contributed by atoms with van der Waals surface area (Å²) in [5.41, 5.74) is 4.13. The summed E-state index contributed by atoms with van der Waals surface area (Å²) in [6, 6.07) is 37.1. The van der Waals surface area contributed by atoms with Crippen LogP contribution in [0.1, 0.15) is 0 Å². The largest absolute Gasteiger partial charge is 0.330 e. The Hall–Kier alpha value is -2.64. The second-order valence-corrected chi connectivity index (χ2v) is 8.98. The predicted octanol–water partition coefficient (Wildman–Crippen LogP) is 6.76. The van der Waals surface area contributed by atoms with Gasteiger partial charge in [0.2, 0.25) is 0 Å². The third-order valence-corrected chi connectivity index (χ3v) is 5.70. The van der Waals surface area contributed by atoms with Crippen LogP contribution in [0.2, 0.25) is 0 Å². The Bertz CT molecular complexity index is 1010. The van der Waals surface area contributed by atoms with E-state index in [2.05, 4.69) is 48.5 Å². The summed E-state index contributed by atoms with van der Waals surface area (Å²) >= 11 is 5.52. The zero-order valence-corrected chi connectivity index (χ0v) is 16.8. The van der Waals surface area contributed by atoms with E-state index in [4.69, 9.17) is 11.2 Å². The van der Waals surface area contributed by atoms with Crippen LogP contribution >= 0.6 is 18.0 Å². The SMILES string of the molecule is O=P(O)(Cl)c1ccccc1-c1ccccc1.c1ccc(-c2ccccc2)cc1. The fourth-order valence-electron chi connectivity index (χ4n) is 2.84. The van der Waals surface area contributed by atoms with Gasteiger partial charge in [0, 0.05) is 0 Å². The highest BCUT2D eigenvalue weighted by Crippen LogP contribution is 2.47. The van der Waals surface area contributed by atoms with Crippen LogP contribution < -0.4 is 5.30 Å². The Morgan fingerprint density at radius 2 is 0.893 bits per heavy atom.